The van der Waals surface area contributed by atoms with Gasteiger partial charge in [0, 0.05) is 6.42 Å². The predicted molar refractivity (Wildman–Crippen MR) is 111 cm³/mol. The lowest BCUT2D eigenvalue weighted by atomic mass is 9.43. The zero-order valence-corrected chi connectivity index (χ0v) is 17.0. The second-order valence-corrected chi connectivity index (χ2v) is 9.66. The molecule has 0 spiro atoms. The minimum atomic E-state index is -0.224. The Balaban J connectivity index is 1.37. The molecule has 2 nitrogen and oxygen atoms in total. The monoisotopic (exact) mass is 417 g/mol. The van der Waals surface area contributed by atoms with Crippen molar-refractivity contribution in [1.29, 1.82) is 0 Å². The van der Waals surface area contributed by atoms with E-state index in [9.17, 15) is 9.18 Å². The van der Waals surface area contributed by atoms with E-state index in [2.05, 4.69) is 5.32 Å². The Kier molecular flexibility index (Phi) is 4.44. The molecule has 1 unspecified atom stereocenters. The molecule has 146 valence electrons. The molecular weight excluding hydrogens is 396 g/mol. The molecule has 28 heavy (non-hydrogen) atoms. The summed E-state index contributed by atoms with van der Waals surface area (Å²) in [6, 6.07) is 8.65. The summed E-state index contributed by atoms with van der Waals surface area (Å²) in [5.41, 5.74) is 4.10. The van der Waals surface area contributed by atoms with Gasteiger partial charge in [0.25, 0.3) is 0 Å². The molecule has 2 aromatic rings. The van der Waals surface area contributed by atoms with E-state index in [1.807, 2.05) is 18.2 Å². The molecule has 1 amide bonds. The van der Waals surface area contributed by atoms with Crippen LogP contribution in [0, 0.1) is 17.2 Å². The standard InChI is InChI=1S/C23H22Cl2FNO/c24-19-8-16-2-1-15(14-3-5-17(26)6-4-14)7-18(16)21(25)22(19)27-20(28)12-23-9-13(10-23)11-23/h3-6,8,13,15H,1-2,7,9-12H2,(H,27,28). The van der Waals surface area contributed by atoms with Crippen LogP contribution in [0.1, 0.15) is 54.7 Å². The van der Waals surface area contributed by atoms with Gasteiger partial charge in [-0.05, 0) is 90.7 Å². The number of anilines is 1. The summed E-state index contributed by atoms with van der Waals surface area (Å²) in [7, 11) is 0. The van der Waals surface area contributed by atoms with Gasteiger partial charge in [-0.2, -0.15) is 0 Å². The fourth-order valence-electron chi connectivity index (χ4n) is 5.36. The smallest absolute Gasteiger partial charge is 0.225 e. The average molecular weight is 418 g/mol. The Morgan fingerprint density at radius 2 is 1.89 bits per heavy atom. The van der Waals surface area contributed by atoms with Crippen LogP contribution in [0.15, 0.2) is 30.3 Å². The highest BCUT2D eigenvalue weighted by Gasteiger charge is 2.57. The van der Waals surface area contributed by atoms with Gasteiger partial charge in [0.15, 0.2) is 0 Å². The molecule has 1 N–H and O–H groups in total. The van der Waals surface area contributed by atoms with Crippen LogP contribution < -0.4 is 5.32 Å². The van der Waals surface area contributed by atoms with Crippen molar-refractivity contribution in [3.05, 3.63) is 62.9 Å². The van der Waals surface area contributed by atoms with Gasteiger partial charge in [0.05, 0.1) is 15.7 Å². The van der Waals surface area contributed by atoms with Crippen LogP contribution in [0.25, 0.3) is 0 Å². The Morgan fingerprint density at radius 1 is 1.18 bits per heavy atom. The molecule has 3 fully saturated rings. The third-order valence-corrected chi connectivity index (χ3v) is 7.65. The van der Waals surface area contributed by atoms with E-state index >= 15 is 0 Å². The molecule has 0 aliphatic heterocycles. The van der Waals surface area contributed by atoms with Gasteiger partial charge in [0.2, 0.25) is 5.91 Å². The van der Waals surface area contributed by atoms with Gasteiger partial charge in [-0.15, -0.1) is 0 Å². The normalized spacial score (nSPS) is 27.4. The van der Waals surface area contributed by atoms with Crippen molar-refractivity contribution in [2.45, 2.75) is 50.9 Å². The summed E-state index contributed by atoms with van der Waals surface area (Å²) >= 11 is 13.2. The first-order chi connectivity index (χ1) is 13.4. The summed E-state index contributed by atoms with van der Waals surface area (Å²) in [5, 5.41) is 4.05. The summed E-state index contributed by atoms with van der Waals surface area (Å²) in [4.78, 5) is 12.6. The Bertz CT molecular complexity index is 939. The molecule has 4 aliphatic carbocycles. The lowest BCUT2D eigenvalue weighted by molar-refractivity contribution is -0.139. The van der Waals surface area contributed by atoms with E-state index in [1.165, 1.54) is 31.4 Å². The molecule has 6 rings (SSSR count). The van der Waals surface area contributed by atoms with Gasteiger partial charge < -0.3 is 5.32 Å². The fourth-order valence-corrected chi connectivity index (χ4v) is 6.03. The zero-order valence-electron chi connectivity index (χ0n) is 15.5. The lowest BCUT2D eigenvalue weighted by Crippen LogP contribution is -2.53. The fraction of sp³-hybridized carbons (Fsp3) is 0.435. The maximum absolute atomic E-state index is 13.2. The summed E-state index contributed by atoms with van der Waals surface area (Å²) in [5.74, 6) is 0.925. The predicted octanol–water partition coefficient (Wildman–Crippen LogP) is 6.53. The van der Waals surface area contributed by atoms with E-state index in [0.29, 0.717) is 22.2 Å². The van der Waals surface area contributed by atoms with Crippen molar-refractivity contribution in [1.82, 2.24) is 0 Å². The highest BCUT2D eigenvalue weighted by Crippen LogP contribution is 2.66. The maximum atomic E-state index is 13.2. The summed E-state index contributed by atoms with van der Waals surface area (Å²) < 4.78 is 13.2. The van der Waals surface area contributed by atoms with Crippen LogP contribution in [-0.2, 0) is 17.6 Å². The number of amides is 1. The molecule has 5 heteroatoms. The second-order valence-electron chi connectivity index (χ2n) is 8.88. The number of fused-ring (bicyclic) bond motifs is 1. The van der Waals surface area contributed by atoms with Crippen molar-refractivity contribution < 1.29 is 9.18 Å². The Morgan fingerprint density at radius 3 is 2.54 bits per heavy atom. The van der Waals surface area contributed by atoms with Crippen molar-refractivity contribution in [2.75, 3.05) is 5.32 Å². The summed E-state index contributed by atoms with van der Waals surface area (Å²) in [6.07, 6.45) is 6.73. The van der Waals surface area contributed by atoms with E-state index in [-0.39, 0.29) is 23.1 Å². The molecule has 0 radical (unpaired) electrons. The lowest BCUT2D eigenvalue weighted by Gasteiger charge is -2.61. The third-order valence-electron chi connectivity index (χ3n) is 6.93. The van der Waals surface area contributed by atoms with Crippen LogP contribution >= 0.6 is 23.2 Å². The largest absolute Gasteiger partial charge is 0.324 e. The molecule has 2 bridgehead atoms. The number of nitrogens with one attached hydrogen (secondary N) is 1. The zero-order chi connectivity index (χ0) is 19.5. The number of aryl methyl sites for hydroxylation is 1. The van der Waals surface area contributed by atoms with Crippen LogP contribution in [0.3, 0.4) is 0 Å². The van der Waals surface area contributed by atoms with Gasteiger partial charge in [-0.1, -0.05) is 35.3 Å². The molecule has 2 aromatic carbocycles. The van der Waals surface area contributed by atoms with E-state index < -0.39 is 0 Å². The SMILES string of the molecule is O=C(CC12CC(C1)C2)Nc1c(Cl)cc2c(c1Cl)CC(c1ccc(F)cc1)CC2. The highest BCUT2D eigenvalue weighted by atomic mass is 35.5. The minimum absolute atomic E-state index is 0.00722. The second kappa shape index (κ2) is 6.74. The van der Waals surface area contributed by atoms with E-state index in [4.69, 9.17) is 23.2 Å². The maximum Gasteiger partial charge on any atom is 0.225 e. The molecule has 0 aromatic heterocycles. The highest BCUT2D eigenvalue weighted by molar-refractivity contribution is 6.40. The number of benzene rings is 2. The van der Waals surface area contributed by atoms with Crippen LogP contribution in [-0.4, -0.2) is 5.91 Å². The Labute approximate surface area is 174 Å². The molecule has 0 saturated heterocycles. The first-order valence-electron chi connectivity index (χ1n) is 9.97. The first-order valence-corrected chi connectivity index (χ1v) is 10.7. The summed E-state index contributed by atoms with van der Waals surface area (Å²) in [6.45, 7) is 0. The topological polar surface area (TPSA) is 29.1 Å². The number of hydrogen-bond acceptors (Lipinski definition) is 1. The number of hydrogen-bond donors (Lipinski definition) is 1. The molecule has 1 atom stereocenters. The molecular formula is C23H22Cl2FNO. The quantitative estimate of drug-likeness (QED) is 0.601. The van der Waals surface area contributed by atoms with Crippen LogP contribution in [0.5, 0.6) is 0 Å². The van der Waals surface area contributed by atoms with Crippen molar-refractivity contribution in [3.63, 3.8) is 0 Å². The van der Waals surface area contributed by atoms with Crippen molar-refractivity contribution in [2.24, 2.45) is 11.3 Å². The number of rotatable bonds is 4. The van der Waals surface area contributed by atoms with Gasteiger partial charge in [-0.25, -0.2) is 4.39 Å². The van der Waals surface area contributed by atoms with Gasteiger partial charge >= 0.3 is 0 Å². The third kappa shape index (κ3) is 3.13. The van der Waals surface area contributed by atoms with Gasteiger partial charge in [-0.3, -0.25) is 4.79 Å². The molecule has 4 aliphatic rings. The first kappa shape index (κ1) is 18.4. The van der Waals surface area contributed by atoms with Crippen LogP contribution in [0.2, 0.25) is 10.0 Å². The number of halogens is 3. The van der Waals surface area contributed by atoms with Crippen LogP contribution in [0.4, 0.5) is 10.1 Å². The van der Waals surface area contributed by atoms with Crippen molar-refractivity contribution in [3.8, 4) is 0 Å². The average Bonchev–Trinajstić information content (AvgIpc) is 2.61. The van der Waals surface area contributed by atoms with Gasteiger partial charge in [0.1, 0.15) is 5.82 Å². The van der Waals surface area contributed by atoms with E-state index in [1.54, 1.807) is 0 Å². The number of carbonyl (C=O) groups excluding carboxylic acids is 1. The minimum Gasteiger partial charge on any atom is -0.324 e. The molecule has 3 saturated carbocycles. The molecule has 0 heterocycles. The van der Waals surface area contributed by atoms with E-state index in [0.717, 1.165) is 41.9 Å². The number of carbonyl (C=O) groups is 1. The van der Waals surface area contributed by atoms with Crippen molar-refractivity contribution >= 4 is 34.8 Å². The Hall–Kier alpha value is -1.58.